The van der Waals surface area contributed by atoms with Crippen LogP contribution in [-0.2, 0) is 0 Å². The predicted octanol–water partition coefficient (Wildman–Crippen LogP) is 4.31. The molecule has 1 aromatic carbocycles. The molecule has 3 heteroatoms. The molecular formula is C17H26FNO. The van der Waals surface area contributed by atoms with Crippen molar-refractivity contribution in [2.24, 2.45) is 11.8 Å². The highest BCUT2D eigenvalue weighted by Crippen LogP contribution is 2.34. The average Bonchev–Trinajstić information content (AvgIpc) is 2.42. The summed E-state index contributed by atoms with van der Waals surface area (Å²) >= 11 is 0. The summed E-state index contributed by atoms with van der Waals surface area (Å²) in [6.07, 6.45) is 3.53. The van der Waals surface area contributed by atoms with E-state index in [1.165, 1.54) is 18.6 Å². The average molecular weight is 279 g/mol. The van der Waals surface area contributed by atoms with Crippen LogP contribution < -0.4 is 10.1 Å². The minimum absolute atomic E-state index is 0.158. The van der Waals surface area contributed by atoms with Crippen molar-refractivity contribution in [3.63, 3.8) is 0 Å². The van der Waals surface area contributed by atoms with E-state index in [4.69, 9.17) is 4.74 Å². The molecule has 4 atom stereocenters. The van der Waals surface area contributed by atoms with Gasteiger partial charge in [-0.2, -0.15) is 0 Å². The van der Waals surface area contributed by atoms with Crippen LogP contribution in [0.4, 0.5) is 4.39 Å². The third-order valence-electron chi connectivity index (χ3n) is 4.72. The van der Waals surface area contributed by atoms with Crippen molar-refractivity contribution in [1.82, 2.24) is 5.32 Å². The summed E-state index contributed by atoms with van der Waals surface area (Å²) in [5.41, 5.74) is 1.03. The zero-order valence-electron chi connectivity index (χ0n) is 12.9. The topological polar surface area (TPSA) is 21.3 Å². The first-order valence-corrected chi connectivity index (χ1v) is 7.64. The third-order valence-corrected chi connectivity index (χ3v) is 4.72. The van der Waals surface area contributed by atoms with Crippen LogP contribution in [0.25, 0.3) is 0 Å². The molecule has 0 spiro atoms. The Morgan fingerprint density at radius 2 is 2.00 bits per heavy atom. The molecule has 20 heavy (non-hydrogen) atoms. The predicted molar refractivity (Wildman–Crippen MR) is 80.5 cm³/mol. The number of ether oxygens (including phenoxy) is 1. The Bertz CT molecular complexity index is 449. The maximum atomic E-state index is 13.5. The monoisotopic (exact) mass is 279 g/mol. The third kappa shape index (κ3) is 3.51. The fraction of sp³-hybridized carbons (Fsp3) is 0.647. The second-order valence-electron chi connectivity index (χ2n) is 6.20. The van der Waals surface area contributed by atoms with Crippen LogP contribution in [0.15, 0.2) is 18.2 Å². The number of hydrogen-bond acceptors (Lipinski definition) is 2. The minimum atomic E-state index is -0.232. The number of hydrogen-bond donors (Lipinski definition) is 1. The second-order valence-corrected chi connectivity index (χ2v) is 6.20. The summed E-state index contributed by atoms with van der Waals surface area (Å²) in [5.74, 6) is 1.90. The number of rotatable bonds is 4. The number of benzene rings is 1. The van der Waals surface area contributed by atoms with Crippen LogP contribution in [0.3, 0.4) is 0 Å². The summed E-state index contributed by atoms with van der Waals surface area (Å²) in [6, 6.07) is 5.00. The van der Waals surface area contributed by atoms with Gasteiger partial charge in [-0.15, -0.1) is 0 Å². The van der Waals surface area contributed by atoms with Gasteiger partial charge in [0.25, 0.3) is 0 Å². The molecular weight excluding hydrogens is 253 g/mol. The maximum absolute atomic E-state index is 13.5. The van der Waals surface area contributed by atoms with E-state index < -0.39 is 0 Å². The Balaban J connectivity index is 2.14. The van der Waals surface area contributed by atoms with Gasteiger partial charge in [0.15, 0.2) is 0 Å². The van der Waals surface area contributed by atoms with Crippen molar-refractivity contribution in [3.8, 4) is 5.75 Å². The molecule has 1 aliphatic carbocycles. The molecule has 1 N–H and O–H groups in total. The Morgan fingerprint density at radius 1 is 1.25 bits per heavy atom. The van der Waals surface area contributed by atoms with Gasteiger partial charge in [0.2, 0.25) is 0 Å². The van der Waals surface area contributed by atoms with E-state index in [-0.39, 0.29) is 18.0 Å². The van der Waals surface area contributed by atoms with E-state index >= 15 is 0 Å². The molecule has 2 nitrogen and oxygen atoms in total. The second kappa shape index (κ2) is 6.57. The van der Waals surface area contributed by atoms with E-state index in [2.05, 4.69) is 26.1 Å². The van der Waals surface area contributed by atoms with Gasteiger partial charge >= 0.3 is 0 Å². The molecule has 0 heterocycles. The molecule has 1 saturated carbocycles. The maximum Gasteiger partial charge on any atom is 0.127 e. The first-order valence-electron chi connectivity index (χ1n) is 7.64. The van der Waals surface area contributed by atoms with Crippen LogP contribution >= 0.6 is 0 Å². The zero-order chi connectivity index (χ0) is 14.7. The van der Waals surface area contributed by atoms with Crippen LogP contribution in [0.2, 0.25) is 0 Å². The molecule has 1 aromatic rings. The molecule has 2 rings (SSSR count). The van der Waals surface area contributed by atoms with Gasteiger partial charge in [0, 0.05) is 17.7 Å². The molecule has 0 radical (unpaired) electrons. The minimum Gasteiger partial charge on any atom is -0.490 e. The lowest BCUT2D eigenvalue weighted by Crippen LogP contribution is -2.29. The lowest BCUT2D eigenvalue weighted by molar-refractivity contribution is 0.0989. The molecule has 0 aromatic heterocycles. The van der Waals surface area contributed by atoms with E-state index in [0.717, 1.165) is 24.3 Å². The molecule has 0 aliphatic heterocycles. The van der Waals surface area contributed by atoms with Crippen molar-refractivity contribution < 1.29 is 9.13 Å². The fourth-order valence-corrected chi connectivity index (χ4v) is 2.91. The largest absolute Gasteiger partial charge is 0.490 e. The van der Waals surface area contributed by atoms with E-state index in [1.54, 1.807) is 0 Å². The van der Waals surface area contributed by atoms with Crippen molar-refractivity contribution in [2.45, 2.75) is 52.2 Å². The summed E-state index contributed by atoms with van der Waals surface area (Å²) in [7, 11) is 1.90. The number of nitrogens with one attached hydrogen (secondary N) is 1. The molecule has 1 aliphatic rings. The normalized spacial score (nSPS) is 28.1. The van der Waals surface area contributed by atoms with Gasteiger partial charge in [-0.3, -0.25) is 0 Å². The smallest absolute Gasteiger partial charge is 0.127 e. The van der Waals surface area contributed by atoms with Gasteiger partial charge in [0.05, 0.1) is 6.10 Å². The lowest BCUT2D eigenvalue weighted by atomic mass is 9.80. The molecule has 1 fully saturated rings. The van der Waals surface area contributed by atoms with Crippen molar-refractivity contribution in [2.75, 3.05) is 7.05 Å². The van der Waals surface area contributed by atoms with E-state index in [0.29, 0.717) is 11.7 Å². The van der Waals surface area contributed by atoms with Crippen molar-refractivity contribution >= 4 is 0 Å². The highest BCUT2D eigenvalue weighted by Gasteiger charge is 2.26. The van der Waals surface area contributed by atoms with Crippen LogP contribution in [-0.4, -0.2) is 13.2 Å². The Labute approximate surface area is 121 Å². The van der Waals surface area contributed by atoms with Crippen molar-refractivity contribution in [1.29, 1.82) is 0 Å². The fourth-order valence-electron chi connectivity index (χ4n) is 2.91. The van der Waals surface area contributed by atoms with Gasteiger partial charge in [-0.25, -0.2) is 4.39 Å². The Kier molecular flexibility index (Phi) is 5.03. The first kappa shape index (κ1) is 15.3. The lowest BCUT2D eigenvalue weighted by Gasteiger charge is -2.33. The van der Waals surface area contributed by atoms with E-state index in [1.807, 2.05) is 13.1 Å². The van der Waals surface area contributed by atoms with Crippen LogP contribution in [0.1, 0.15) is 51.6 Å². The van der Waals surface area contributed by atoms with Gasteiger partial charge in [-0.1, -0.05) is 19.9 Å². The molecule has 0 amide bonds. The number of halogens is 1. The molecule has 0 saturated heterocycles. The van der Waals surface area contributed by atoms with E-state index in [9.17, 15) is 4.39 Å². The SMILES string of the molecule is CNC(C)c1ccc(F)cc1OC1CCC(C)C(C)C1. The first-order chi connectivity index (χ1) is 9.51. The van der Waals surface area contributed by atoms with Gasteiger partial charge in [0.1, 0.15) is 11.6 Å². The Hall–Kier alpha value is -1.09. The molecule has 4 unspecified atom stereocenters. The summed E-state index contributed by atoms with van der Waals surface area (Å²) < 4.78 is 19.6. The van der Waals surface area contributed by atoms with Gasteiger partial charge in [-0.05, 0) is 51.1 Å². The quantitative estimate of drug-likeness (QED) is 0.886. The van der Waals surface area contributed by atoms with Gasteiger partial charge < -0.3 is 10.1 Å². The standard InChI is InChI=1S/C17H26FNO/c1-11-5-7-15(9-12(11)2)20-17-10-14(18)6-8-16(17)13(3)19-4/h6,8,10-13,15,19H,5,7,9H2,1-4H3. The summed E-state index contributed by atoms with van der Waals surface area (Å²) in [5, 5.41) is 3.19. The molecule has 0 bridgehead atoms. The van der Waals surface area contributed by atoms with Crippen molar-refractivity contribution in [3.05, 3.63) is 29.6 Å². The zero-order valence-corrected chi connectivity index (χ0v) is 12.9. The Morgan fingerprint density at radius 3 is 2.65 bits per heavy atom. The molecule has 112 valence electrons. The summed E-state index contributed by atoms with van der Waals surface area (Å²) in [4.78, 5) is 0. The van der Waals surface area contributed by atoms with Crippen LogP contribution in [0.5, 0.6) is 5.75 Å². The highest BCUT2D eigenvalue weighted by atomic mass is 19.1. The summed E-state index contributed by atoms with van der Waals surface area (Å²) in [6.45, 7) is 6.64. The van der Waals surface area contributed by atoms with Crippen LogP contribution in [0, 0.1) is 17.7 Å². The highest BCUT2D eigenvalue weighted by molar-refractivity contribution is 5.36.